The molecule has 3 rings (SSSR count). The Morgan fingerprint density at radius 1 is 1.31 bits per heavy atom. The number of carbonyl (C=O) groups is 1. The number of amides is 1. The summed E-state index contributed by atoms with van der Waals surface area (Å²) >= 11 is 1.30. The lowest BCUT2D eigenvalue weighted by Crippen LogP contribution is -2.40. The van der Waals surface area contributed by atoms with Gasteiger partial charge in [-0.15, -0.1) is 0 Å². The number of likely N-dealkylation sites (tertiary alicyclic amines) is 1. The number of aromatic hydroxyl groups is 1. The van der Waals surface area contributed by atoms with E-state index >= 15 is 0 Å². The summed E-state index contributed by atoms with van der Waals surface area (Å²) in [5.41, 5.74) is 0.508. The molecule has 4 nitrogen and oxygen atoms in total. The molecule has 6 heteroatoms. The number of nitrogens with zero attached hydrogens (tertiary/aromatic N) is 1. The third-order valence-corrected chi connectivity index (χ3v) is 5.72. The summed E-state index contributed by atoms with van der Waals surface area (Å²) in [4.78, 5) is 16.2. The molecular weight excluding hydrogens is 351 g/mol. The molecule has 0 spiro atoms. The van der Waals surface area contributed by atoms with Gasteiger partial charge in [0.2, 0.25) is 0 Å². The highest BCUT2D eigenvalue weighted by atomic mass is 32.2. The number of likely N-dealkylation sites (N-methyl/N-ethyl adjacent to an activating group) is 1. The smallest absolute Gasteiger partial charge is 0.251 e. The van der Waals surface area contributed by atoms with Crippen molar-refractivity contribution in [2.24, 2.45) is 0 Å². The van der Waals surface area contributed by atoms with Crippen molar-refractivity contribution in [1.29, 1.82) is 0 Å². The van der Waals surface area contributed by atoms with Gasteiger partial charge >= 0.3 is 0 Å². The fourth-order valence-electron chi connectivity index (χ4n) is 3.22. The highest BCUT2D eigenvalue weighted by Crippen LogP contribution is 2.35. The maximum Gasteiger partial charge on any atom is 0.251 e. The van der Waals surface area contributed by atoms with Gasteiger partial charge in [-0.25, -0.2) is 4.39 Å². The van der Waals surface area contributed by atoms with E-state index in [2.05, 4.69) is 17.1 Å². The molecule has 0 saturated carbocycles. The van der Waals surface area contributed by atoms with E-state index in [0.717, 1.165) is 24.4 Å². The molecule has 1 heterocycles. The SMILES string of the molecule is CCN1CCCC1CNC(=O)c1ccc(O)c(Sc2ccc(F)cc2)c1. The minimum Gasteiger partial charge on any atom is -0.507 e. The molecule has 0 radical (unpaired) electrons. The molecule has 1 unspecified atom stereocenters. The van der Waals surface area contributed by atoms with Gasteiger partial charge in [0.25, 0.3) is 5.91 Å². The molecule has 1 aliphatic rings. The lowest BCUT2D eigenvalue weighted by atomic mass is 10.2. The van der Waals surface area contributed by atoms with Crippen LogP contribution in [-0.2, 0) is 0 Å². The van der Waals surface area contributed by atoms with E-state index in [4.69, 9.17) is 0 Å². The molecule has 1 fully saturated rings. The summed E-state index contributed by atoms with van der Waals surface area (Å²) in [7, 11) is 0. The summed E-state index contributed by atoms with van der Waals surface area (Å²) in [5, 5.41) is 13.1. The standard InChI is InChI=1S/C20H23FN2O2S/c1-2-23-11-3-4-16(23)13-22-20(25)14-5-10-18(24)19(12-14)26-17-8-6-15(21)7-9-17/h5-10,12,16,24H,2-4,11,13H2,1H3,(H,22,25). The topological polar surface area (TPSA) is 52.6 Å². The van der Waals surface area contributed by atoms with Crippen LogP contribution < -0.4 is 5.32 Å². The number of rotatable bonds is 6. The molecule has 1 aliphatic heterocycles. The summed E-state index contributed by atoms with van der Waals surface area (Å²) in [6, 6.07) is 11.2. The van der Waals surface area contributed by atoms with Crippen LogP contribution in [-0.4, -0.2) is 41.6 Å². The Kier molecular flexibility index (Phi) is 6.16. The molecule has 1 atom stereocenters. The lowest BCUT2D eigenvalue weighted by molar-refractivity contribution is 0.0941. The number of phenols is 1. The minimum absolute atomic E-state index is 0.101. The molecule has 26 heavy (non-hydrogen) atoms. The number of hydrogen-bond donors (Lipinski definition) is 2. The number of carbonyl (C=O) groups excluding carboxylic acids is 1. The zero-order valence-corrected chi connectivity index (χ0v) is 15.6. The van der Waals surface area contributed by atoms with Crippen molar-refractivity contribution in [1.82, 2.24) is 10.2 Å². The number of phenolic OH excluding ortho intramolecular Hbond substituents is 1. The van der Waals surface area contributed by atoms with Crippen molar-refractivity contribution in [3.63, 3.8) is 0 Å². The summed E-state index contributed by atoms with van der Waals surface area (Å²) in [5.74, 6) is -0.350. The average molecular weight is 374 g/mol. The Bertz CT molecular complexity index is 767. The second kappa shape index (κ2) is 8.56. The normalized spacial score (nSPS) is 17.4. The Hall–Kier alpha value is -2.05. The van der Waals surface area contributed by atoms with E-state index in [-0.39, 0.29) is 17.5 Å². The molecule has 2 aromatic carbocycles. The fraction of sp³-hybridized carbons (Fsp3) is 0.350. The molecule has 2 aromatic rings. The Morgan fingerprint density at radius 3 is 2.81 bits per heavy atom. The fourth-order valence-corrected chi connectivity index (χ4v) is 4.11. The van der Waals surface area contributed by atoms with E-state index in [9.17, 15) is 14.3 Å². The van der Waals surface area contributed by atoms with Gasteiger partial charge in [-0.1, -0.05) is 18.7 Å². The maximum absolute atomic E-state index is 13.0. The highest BCUT2D eigenvalue weighted by Gasteiger charge is 2.23. The molecule has 138 valence electrons. The number of hydrogen-bond acceptors (Lipinski definition) is 4. The lowest BCUT2D eigenvalue weighted by Gasteiger charge is -2.22. The number of nitrogens with one attached hydrogen (secondary N) is 1. The molecular formula is C20H23FN2O2S. The van der Waals surface area contributed by atoms with Gasteiger partial charge in [-0.05, 0) is 68.4 Å². The van der Waals surface area contributed by atoms with Crippen LogP contribution in [0.1, 0.15) is 30.1 Å². The van der Waals surface area contributed by atoms with Crippen LogP contribution in [0.4, 0.5) is 4.39 Å². The molecule has 1 amide bonds. The van der Waals surface area contributed by atoms with Crippen LogP contribution in [0, 0.1) is 5.82 Å². The second-order valence-electron chi connectivity index (χ2n) is 6.37. The predicted molar refractivity (Wildman–Crippen MR) is 101 cm³/mol. The van der Waals surface area contributed by atoms with E-state index in [0.29, 0.717) is 23.0 Å². The van der Waals surface area contributed by atoms with Crippen molar-refractivity contribution in [2.45, 2.75) is 35.6 Å². The zero-order valence-electron chi connectivity index (χ0n) is 14.7. The van der Waals surface area contributed by atoms with E-state index in [1.54, 1.807) is 24.3 Å². The van der Waals surface area contributed by atoms with Crippen molar-refractivity contribution < 1.29 is 14.3 Å². The van der Waals surface area contributed by atoms with Gasteiger partial charge in [-0.2, -0.15) is 0 Å². The van der Waals surface area contributed by atoms with Gasteiger partial charge in [0, 0.05) is 23.0 Å². The zero-order chi connectivity index (χ0) is 18.5. The molecule has 0 bridgehead atoms. The van der Waals surface area contributed by atoms with E-state index in [1.165, 1.54) is 36.4 Å². The first-order valence-corrected chi connectivity index (χ1v) is 9.67. The van der Waals surface area contributed by atoms with Gasteiger partial charge in [0.15, 0.2) is 0 Å². The first-order chi connectivity index (χ1) is 12.6. The Balaban J connectivity index is 1.66. The molecule has 0 aromatic heterocycles. The first-order valence-electron chi connectivity index (χ1n) is 8.85. The van der Waals surface area contributed by atoms with Crippen LogP contribution in [0.15, 0.2) is 52.3 Å². The van der Waals surface area contributed by atoms with Gasteiger partial charge in [0.1, 0.15) is 11.6 Å². The Morgan fingerprint density at radius 2 is 2.08 bits per heavy atom. The van der Waals surface area contributed by atoms with Crippen LogP contribution in [0.2, 0.25) is 0 Å². The van der Waals surface area contributed by atoms with Gasteiger partial charge in [0.05, 0.1) is 4.90 Å². The summed E-state index contributed by atoms with van der Waals surface area (Å²) < 4.78 is 13.0. The average Bonchev–Trinajstić information content (AvgIpc) is 3.11. The van der Waals surface area contributed by atoms with Crippen LogP contribution >= 0.6 is 11.8 Å². The van der Waals surface area contributed by atoms with Crippen molar-refractivity contribution in [3.05, 3.63) is 53.8 Å². The molecule has 2 N–H and O–H groups in total. The van der Waals surface area contributed by atoms with Gasteiger partial charge < -0.3 is 10.4 Å². The summed E-state index contributed by atoms with van der Waals surface area (Å²) in [6.45, 7) is 4.86. The quantitative estimate of drug-likeness (QED) is 0.805. The van der Waals surface area contributed by atoms with Crippen LogP contribution in [0.3, 0.4) is 0 Å². The summed E-state index contributed by atoms with van der Waals surface area (Å²) in [6.07, 6.45) is 2.28. The molecule has 1 saturated heterocycles. The Labute approximate surface area is 157 Å². The van der Waals surface area contributed by atoms with Crippen LogP contribution in [0.25, 0.3) is 0 Å². The van der Waals surface area contributed by atoms with Crippen molar-refractivity contribution >= 4 is 17.7 Å². The van der Waals surface area contributed by atoms with Crippen LogP contribution in [0.5, 0.6) is 5.75 Å². The van der Waals surface area contributed by atoms with E-state index < -0.39 is 0 Å². The maximum atomic E-state index is 13.0. The first kappa shape index (κ1) is 18.7. The monoisotopic (exact) mass is 374 g/mol. The third kappa shape index (κ3) is 4.56. The third-order valence-electron chi connectivity index (χ3n) is 4.67. The second-order valence-corrected chi connectivity index (χ2v) is 7.49. The predicted octanol–water partition coefficient (Wildman–Crippen LogP) is 3.90. The minimum atomic E-state index is -0.306. The van der Waals surface area contributed by atoms with Gasteiger partial charge in [-0.3, -0.25) is 9.69 Å². The molecule has 0 aliphatic carbocycles. The highest BCUT2D eigenvalue weighted by molar-refractivity contribution is 7.99. The number of benzene rings is 2. The largest absolute Gasteiger partial charge is 0.507 e. The van der Waals surface area contributed by atoms with E-state index in [1.807, 2.05) is 0 Å². The van der Waals surface area contributed by atoms with Crippen molar-refractivity contribution in [3.8, 4) is 5.75 Å². The van der Waals surface area contributed by atoms with Crippen molar-refractivity contribution in [2.75, 3.05) is 19.6 Å². The number of halogens is 1.